The summed E-state index contributed by atoms with van der Waals surface area (Å²) in [5, 5.41) is 21.6. The maximum atomic E-state index is 14.6. The second-order valence-corrected chi connectivity index (χ2v) is 15.6. The first-order chi connectivity index (χ1) is 27.9. The molecule has 0 radical (unpaired) electrons. The number of benzene rings is 1. The summed E-state index contributed by atoms with van der Waals surface area (Å²) in [5.74, 6) is -4.80. The largest absolute Gasteiger partial charge is 0.480 e. The first-order valence-corrected chi connectivity index (χ1v) is 20.1. The number of aromatic amines is 1. The number of aliphatic carboxylic acids is 1. The average molecular weight is 826 g/mol. The van der Waals surface area contributed by atoms with Crippen LogP contribution in [-0.4, -0.2) is 118 Å². The zero-order valence-corrected chi connectivity index (χ0v) is 34.4. The topological polar surface area (TPSA) is 345 Å². The molecule has 5 amide bonds. The molecule has 326 valence electrons. The highest BCUT2D eigenvalue weighted by Crippen LogP contribution is 2.23. The van der Waals surface area contributed by atoms with Gasteiger partial charge in [0.05, 0.1) is 6.04 Å². The van der Waals surface area contributed by atoms with E-state index in [9.17, 15) is 33.9 Å². The van der Waals surface area contributed by atoms with Crippen LogP contribution >= 0.6 is 0 Å². The first-order valence-electron chi connectivity index (χ1n) is 20.1. The fourth-order valence-electron chi connectivity index (χ4n) is 6.84. The van der Waals surface area contributed by atoms with Crippen molar-refractivity contribution in [3.05, 3.63) is 36.0 Å². The summed E-state index contributed by atoms with van der Waals surface area (Å²) in [6, 6.07) is 0.850. The van der Waals surface area contributed by atoms with Gasteiger partial charge in [-0.05, 0) is 68.4 Å². The molecule has 0 bridgehead atoms. The number of hydrogen-bond donors (Lipinski definition) is 11. The third-order valence-electron chi connectivity index (χ3n) is 10.1. The fourth-order valence-corrected chi connectivity index (χ4v) is 6.84. The van der Waals surface area contributed by atoms with E-state index in [2.05, 4.69) is 36.2 Å². The van der Waals surface area contributed by atoms with Crippen molar-refractivity contribution in [3.63, 3.8) is 0 Å². The molecule has 3 rings (SSSR count). The summed E-state index contributed by atoms with van der Waals surface area (Å²) < 4.78 is 0. The van der Waals surface area contributed by atoms with Gasteiger partial charge in [-0.15, -0.1) is 0 Å². The van der Waals surface area contributed by atoms with Crippen molar-refractivity contribution in [2.24, 2.45) is 50.5 Å². The zero-order chi connectivity index (χ0) is 43.8. The normalized spacial score (nSPS) is 16.4. The Bertz CT molecular complexity index is 1820. The van der Waals surface area contributed by atoms with Crippen molar-refractivity contribution in [3.8, 4) is 0 Å². The summed E-state index contributed by atoms with van der Waals surface area (Å²) in [5.41, 5.74) is 29.3. The Kier molecular flexibility index (Phi) is 18.4. The van der Waals surface area contributed by atoms with Crippen LogP contribution in [0, 0.1) is 11.8 Å². The van der Waals surface area contributed by atoms with Gasteiger partial charge in [0.15, 0.2) is 11.9 Å². The molecule has 1 aromatic heterocycles. The maximum Gasteiger partial charge on any atom is 0.326 e. The van der Waals surface area contributed by atoms with E-state index < -0.39 is 71.8 Å². The van der Waals surface area contributed by atoms with Gasteiger partial charge in [-0.1, -0.05) is 45.9 Å². The van der Waals surface area contributed by atoms with Gasteiger partial charge >= 0.3 is 5.97 Å². The third-order valence-corrected chi connectivity index (χ3v) is 10.1. The van der Waals surface area contributed by atoms with Gasteiger partial charge in [0.2, 0.25) is 29.5 Å². The predicted octanol–water partition coefficient (Wildman–Crippen LogP) is -1.14. The number of nitrogens with one attached hydrogen (secondary N) is 5. The van der Waals surface area contributed by atoms with Crippen molar-refractivity contribution >= 4 is 58.3 Å². The van der Waals surface area contributed by atoms with E-state index in [0.29, 0.717) is 12.0 Å². The number of carboxylic acid groups (broad SMARTS) is 1. The van der Waals surface area contributed by atoms with Gasteiger partial charge in [-0.3, -0.25) is 34.0 Å². The molecule has 59 heavy (non-hydrogen) atoms. The molecule has 1 aliphatic heterocycles. The molecule has 1 fully saturated rings. The minimum Gasteiger partial charge on any atom is -0.480 e. The molecule has 1 aromatic carbocycles. The third kappa shape index (κ3) is 14.8. The lowest BCUT2D eigenvalue weighted by Crippen LogP contribution is -2.59. The minimum absolute atomic E-state index is 0.00968. The van der Waals surface area contributed by atoms with Crippen molar-refractivity contribution in [2.75, 3.05) is 19.6 Å². The van der Waals surface area contributed by atoms with E-state index in [-0.39, 0.29) is 88.3 Å². The Balaban J connectivity index is 1.93. The quantitative estimate of drug-likeness (QED) is 0.0360. The van der Waals surface area contributed by atoms with Crippen LogP contribution < -0.4 is 49.9 Å². The van der Waals surface area contributed by atoms with Gasteiger partial charge in [0.25, 0.3) is 0 Å². The Morgan fingerprint density at radius 3 is 1.98 bits per heavy atom. The summed E-state index contributed by atoms with van der Waals surface area (Å²) >= 11 is 0. The lowest BCUT2D eigenvalue weighted by atomic mass is 9.99. The molecule has 16 N–H and O–H groups in total. The molecule has 6 atom stereocenters. The number of nitrogens with two attached hydrogens (primary N) is 5. The average Bonchev–Trinajstić information content (AvgIpc) is 3.83. The Labute approximate surface area is 344 Å². The van der Waals surface area contributed by atoms with Gasteiger partial charge in [-0.25, -0.2) is 4.79 Å². The Morgan fingerprint density at radius 1 is 0.814 bits per heavy atom. The molecule has 0 unspecified atom stereocenters. The van der Waals surface area contributed by atoms with Gasteiger partial charge in [0, 0.05) is 43.2 Å². The van der Waals surface area contributed by atoms with Crippen LogP contribution in [0.4, 0.5) is 0 Å². The molecule has 2 aromatic rings. The number of carboxylic acids is 1. The number of likely N-dealkylation sites (tertiary alicyclic amines) is 1. The summed E-state index contributed by atoms with van der Waals surface area (Å²) in [7, 11) is 0. The van der Waals surface area contributed by atoms with Gasteiger partial charge in [0.1, 0.15) is 30.2 Å². The van der Waals surface area contributed by atoms with E-state index in [4.69, 9.17) is 28.7 Å². The Hall–Kier alpha value is -5.92. The van der Waals surface area contributed by atoms with Crippen molar-refractivity contribution in [2.45, 2.75) is 115 Å². The highest BCUT2D eigenvalue weighted by molar-refractivity contribution is 5.97. The summed E-state index contributed by atoms with van der Waals surface area (Å²) in [6.07, 6.45) is 3.36. The second kappa shape index (κ2) is 22.9. The number of carbonyl (C=O) groups excluding carboxylic acids is 5. The fraction of sp³-hybridized carbons (Fsp3) is 0.590. The van der Waals surface area contributed by atoms with Gasteiger partial charge in [-0.2, -0.15) is 0 Å². The van der Waals surface area contributed by atoms with Crippen LogP contribution in [0.25, 0.3) is 10.9 Å². The van der Waals surface area contributed by atoms with Crippen LogP contribution in [0.3, 0.4) is 0 Å². The molecule has 1 saturated heterocycles. The molecule has 1 aliphatic rings. The van der Waals surface area contributed by atoms with Crippen LogP contribution in [-0.2, 0) is 35.2 Å². The molecule has 0 saturated carbocycles. The van der Waals surface area contributed by atoms with E-state index >= 15 is 0 Å². The number of aromatic nitrogens is 1. The number of guanidine groups is 2. The van der Waals surface area contributed by atoms with Crippen LogP contribution in [0.2, 0.25) is 0 Å². The number of carbonyl (C=O) groups is 6. The number of nitrogens with zero attached hydrogens (tertiary/aromatic N) is 3. The highest BCUT2D eigenvalue weighted by Gasteiger charge is 2.40. The van der Waals surface area contributed by atoms with Crippen LogP contribution in [0.1, 0.15) is 78.2 Å². The zero-order valence-electron chi connectivity index (χ0n) is 34.4. The molecule has 20 nitrogen and oxygen atoms in total. The predicted molar refractivity (Wildman–Crippen MR) is 224 cm³/mol. The number of rotatable bonds is 23. The van der Waals surface area contributed by atoms with Crippen molar-refractivity contribution in [1.29, 1.82) is 0 Å². The highest BCUT2D eigenvalue weighted by atomic mass is 16.4. The maximum absolute atomic E-state index is 14.6. The Morgan fingerprint density at radius 2 is 1.39 bits per heavy atom. The van der Waals surface area contributed by atoms with E-state index in [1.165, 1.54) is 4.90 Å². The number of para-hydroxylation sites is 1. The number of fused-ring (bicyclic) bond motifs is 1. The van der Waals surface area contributed by atoms with Gasteiger partial charge < -0.3 is 64.9 Å². The van der Waals surface area contributed by atoms with E-state index in [1.807, 2.05) is 38.1 Å². The number of amides is 5. The standard InChI is InChI=1S/C39H63N13O7/c1-21(2)18-28(50-35(56)31(40)22(3)4)33(54)48-26(12-7-15-45-38(41)42)32(53)51-29(19-23-20-47-25-11-6-5-10-24(23)25)36(57)52-17-9-14-30(52)34(55)49-27(37(58)59)13-8-16-46-39(43)44/h5-6,10-11,20-22,26-31,47H,7-9,12-19,40H2,1-4H3,(H,48,54)(H,49,55)(H,50,56)(H,51,53)(H,58,59)(H4,41,42,45)(H4,43,44,46)/t26-,27-,28-,29-,30-,31-/m0/s1. The first kappa shape index (κ1) is 47.5. The monoisotopic (exact) mass is 825 g/mol. The molecule has 0 spiro atoms. The molecule has 20 heteroatoms. The van der Waals surface area contributed by atoms with Crippen molar-refractivity contribution < 1.29 is 33.9 Å². The molecule has 0 aliphatic carbocycles. The van der Waals surface area contributed by atoms with Crippen LogP contribution in [0.15, 0.2) is 40.4 Å². The summed E-state index contributed by atoms with van der Waals surface area (Å²) in [4.78, 5) is 93.8. The molecular formula is C39H63N13O7. The second-order valence-electron chi connectivity index (χ2n) is 15.6. The SMILES string of the molecule is CC(C)C[C@H](NC(=O)[C@@H](N)C(C)C)C(=O)N[C@@H](CCCN=C(N)N)C(=O)N[C@@H](Cc1c[nH]c2ccccc12)C(=O)N1CCC[C@H]1C(=O)N[C@@H](CCCN=C(N)N)C(=O)O. The smallest absolute Gasteiger partial charge is 0.326 e. The molecular weight excluding hydrogens is 763 g/mol. The lowest BCUT2D eigenvalue weighted by molar-refractivity contribution is -0.145. The van der Waals surface area contributed by atoms with Crippen molar-refractivity contribution in [1.82, 2.24) is 31.2 Å². The van der Waals surface area contributed by atoms with Crippen LogP contribution in [0.5, 0.6) is 0 Å². The van der Waals surface area contributed by atoms with E-state index in [1.54, 1.807) is 20.0 Å². The summed E-state index contributed by atoms with van der Waals surface area (Å²) in [6.45, 7) is 7.83. The van der Waals surface area contributed by atoms with E-state index in [0.717, 1.165) is 10.9 Å². The number of aliphatic imine (C=N–C) groups is 2. The lowest BCUT2D eigenvalue weighted by Gasteiger charge is -2.31. The minimum atomic E-state index is -1.26. The number of hydrogen-bond acceptors (Lipinski definition) is 9. The molecule has 2 heterocycles. The number of H-pyrrole nitrogens is 1.